The van der Waals surface area contributed by atoms with Gasteiger partial charge in [0.15, 0.2) is 5.78 Å². The maximum Gasteiger partial charge on any atom is 0.166 e. The average molecular weight is 341 g/mol. The zero-order chi connectivity index (χ0) is 15.3. The van der Waals surface area contributed by atoms with Crippen LogP contribution in [-0.4, -0.2) is 10.9 Å². The summed E-state index contributed by atoms with van der Waals surface area (Å²) >= 11 is 3.35. The van der Waals surface area contributed by atoms with Crippen molar-refractivity contribution in [1.82, 2.24) is 0 Å². The second-order valence-corrected chi connectivity index (χ2v) is 7.19. The molecule has 0 fully saturated rings. The monoisotopic (exact) mass is 340 g/mol. The van der Waals surface area contributed by atoms with Crippen molar-refractivity contribution in [2.75, 3.05) is 0 Å². The van der Waals surface area contributed by atoms with E-state index in [1.165, 1.54) is 0 Å². The molecule has 1 N–H and O–H groups in total. The number of halogens is 1. The lowest BCUT2D eigenvalue weighted by molar-refractivity contribution is 0.0976. The van der Waals surface area contributed by atoms with Crippen molar-refractivity contribution in [2.24, 2.45) is 0 Å². The first kappa shape index (κ1) is 17.2. The smallest absolute Gasteiger partial charge is 0.166 e. The molecule has 0 saturated carbocycles. The van der Waals surface area contributed by atoms with Gasteiger partial charge in [-0.25, -0.2) is 0 Å². The Morgan fingerprint density at radius 2 is 1.85 bits per heavy atom. The molecule has 0 amide bonds. The van der Waals surface area contributed by atoms with Gasteiger partial charge in [0.25, 0.3) is 0 Å². The molecule has 0 aliphatic heterocycles. The van der Waals surface area contributed by atoms with Crippen LogP contribution in [0.15, 0.2) is 16.6 Å². The maximum atomic E-state index is 12.3. The molecule has 0 heterocycles. The number of carbonyl (C=O) groups excluding carboxylic acids is 1. The van der Waals surface area contributed by atoms with E-state index in [9.17, 15) is 9.90 Å². The fraction of sp³-hybridized carbons (Fsp3) is 0.588. The van der Waals surface area contributed by atoms with E-state index >= 15 is 0 Å². The van der Waals surface area contributed by atoms with Gasteiger partial charge in [-0.2, -0.15) is 0 Å². The Kier molecular flexibility index (Phi) is 6.25. The number of unbranched alkanes of at least 4 members (excludes halogenated alkanes) is 3. The fourth-order valence-corrected chi connectivity index (χ4v) is 2.55. The summed E-state index contributed by atoms with van der Waals surface area (Å²) in [5.41, 5.74) is 1.45. The van der Waals surface area contributed by atoms with Crippen LogP contribution >= 0.6 is 15.9 Å². The molecule has 20 heavy (non-hydrogen) atoms. The number of carbonyl (C=O) groups is 1. The first-order valence-corrected chi connectivity index (χ1v) is 8.13. The second-order valence-electron chi connectivity index (χ2n) is 6.34. The van der Waals surface area contributed by atoms with Crippen molar-refractivity contribution in [3.63, 3.8) is 0 Å². The summed E-state index contributed by atoms with van der Waals surface area (Å²) in [5, 5.41) is 10.1. The molecule has 112 valence electrons. The first-order chi connectivity index (χ1) is 9.27. The van der Waals surface area contributed by atoms with E-state index < -0.39 is 0 Å². The zero-order valence-corrected chi connectivity index (χ0v) is 14.5. The van der Waals surface area contributed by atoms with Crippen molar-refractivity contribution in [3.05, 3.63) is 27.7 Å². The topological polar surface area (TPSA) is 37.3 Å². The molecule has 2 nitrogen and oxygen atoms in total. The van der Waals surface area contributed by atoms with E-state index in [1.807, 2.05) is 12.1 Å². The minimum Gasteiger partial charge on any atom is -0.506 e. The summed E-state index contributed by atoms with van der Waals surface area (Å²) in [6, 6.07) is 3.73. The van der Waals surface area contributed by atoms with Gasteiger partial charge in [0.2, 0.25) is 0 Å². The Hall–Kier alpha value is -0.830. The third-order valence-corrected chi connectivity index (χ3v) is 4.09. The number of phenols is 1. The Bertz CT molecular complexity index is 473. The van der Waals surface area contributed by atoms with Gasteiger partial charge in [0, 0.05) is 6.42 Å². The van der Waals surface area contributed by atoms with Crippen LogP contribution in [0, 0.1) is 0 Å². The van der Waals surface area contributed by atoms with Crippen molar-refractivity contribution in [2.45, 2.75) is 65.2 Å². The predicted octanol–water partition coefficient (Wildman–Crippen LogP) is 5.61. The Morgan fingerprint density at radius 1 is 1.20 bits per heavy atom. The van der Waals surface area contributed by atoms with Crippen LogP contribution in [0.4, 0.5) is 0 Å². The third kappa shape index (κ3) is 4.62. The molecule has 0 saturated heterocycles. The molecule has 1 rings (SSSR count). The van der Waals surface area contributed by atoms with Gasteiger partial charge >= 0.3 is 0 Å². The highest BCUT2D eigenvalue weighted by Crippen LogP contribution is 2.35. The standard InChI is InChI=1S/C17H25BrO2/c1-5-6-7-8-9-15(19)13-10-12(17(2,3)4)11-14(18)16(13)20/h10-11,20H,5-9H2,1-4H3. The van der Waals surface area contributed by atoms with E-state index in [0.717, 1.165) is 31.2 Å². The highest BCUT2D eigenvalue weighted by atomic mass is 79.9. The summed E-state index contributed by atoms with van der Waals surface area (Å²) in [6.45, 7) is 8.45. The molecule has 1 aromatic rings. The number of benzene rings is 1. The molecule has 0 spiro atoms. The summed E-state index contributed by atoms with van der Waals surface area (Å²) in [5.74, 6) is 0.101. The van der Waals surface area contributed by atoms with Gasteiger partial charge in [-0.1, -0.05) is 47.0 Å². The van der Waals surface area contributed by atoms with Crippen molar-refractivity contribution < 1.29 is 9.90 Å². The average Bonchev–Trinajstić information content (AvgIpc) is 2.36. The molecule has 0 bridgehead atoms. The molecule has 0 aliphatic rings. The lowest BCUT2D eigenvalue weighted by Gasteiger charge is -2.21. The van der Waals surface area contributed by atoms with Gasteiger partial charge in [-0.15, -0.1) is 0 Å². The van der Waals surface area contributed by atoms with Gasteiger partial charge in [0.1, 0.15) is 5.75 Å². The molecule has 0 unspecified atom stereocenters. The van der Waals surface area contributed by atoms with Crippen LogP contribution in [-0.2, 0) is 5.41 Å². The zero-order valence-electron chi connectivity index (χ0n) is 12.9. The summed E-state index contributed by atoms with van der Waals surface area (Å²) in [6.07, 6.45) is 4.79. The van der Waals surface area contributed by atoms with Crippen LogP contribution < -0.4 is 0 Å². The van der Waals surface area contributed by atoms with Gasteiger partial charge in [-0.05, 0) is 45.5 Å². The van der Waals surface area contributed by atoms with E-state index in [4.69, 9.17) is 0 Å². The van der Waals surface area contributed by atoms with Crippen molar-refractivity contribution in [3.8, 4) is 5.75 Å². The molecule has 1 aromatic carbocycles. The van der Waals surface area contributed by atoms with Gasteiger partial charge in [-0.3, -0.25) is 4.79 Å². The highest BCUT2D eigenvalue weighted by Gasteiger charge is 2.20. The normalized spacial score (nSPS) is 11.7. The van der Waals surface area contributed by atoms with E-state index in [2.05, 4.69) is 43.6 Å². The molecule has 0 aliphatic carbocycles. The number of hydrogen-bond acceptors (Lipinski definition) is 2. The number of hydrogen-bond donors (Lipinski definition) is 1. The lowest BCUT2D eigenvalue weighted by Crippen LogP contribution is -2.13. The lowest BCUT2D eigenvalue weighted by atomic mass is 9.85. The SMILES string of the molecule is CCCCCCC(=O)c1cc(C(C)(C)C)cc(Br)c1O. The Morgan fingerprint density at radius 3 is 2.40 bits per heavy atom. The van der Waals surface area contributed by atoms with Crippen LogP contribution in [0.2, 0.25) is 0 Å². The van der Waals surface area contributed by atoms with E-state index in [1.54, 1.807) is 0 Å². The summed E-state index contributed by atoms with van der Waals surface area (Å²) < 4.78 is 0.599. The van der Waals surface area contributed by atoms with Crippen molar-refractivity contribution >= 4 is 21.7 Å². The summed E-state index contributed by atoms with van der Waals surface area (Å²) in [4.78, 5) is 12.3. The minimum absolute atomic E-state index is 0.0328. The largest absolute Gasteiger partial charge is 0.506 e. The Balaban J connectivity index is 2.93. The maximum absolute atomic E-state index is 12.3. The first-order valence-electron chi connectivity index (χ1n) is 7.33. The third-order valence-electron chi connectivity index (χ3n) is 3.49. The number of rotatable bonds is 6. The molecule has 3 heteroatoms. The molecular formula is C17H25BrO2. The van der Waals surface area contributed by atoms with Crippen molar-refractivity contribution in [1.29, 1.82) is 0 Å². The number of ketones is 1. The quantitative estimate of drug-likeness (QED) is 0.540. The molecule has 0 atom stereocenters. The second kappa shape index (κ2) is 7.26. The van der Waals surface area contributed by atoms with Crippen LogP contribution in [0.25, 0.3) is 0 Å². The van der Waals surface area contributed by atoms with Gasteiger partial charge in [0.05, 0.1) is 10.0 Å². The molecule has 0 radical (unpaired) electrons. The van der Waals surface area contributed by atoms with Gasteiger partial charge < -0.3 is 5.11 Å². The fourth-order valence-electron chi connectivity index (χ4n) is 2.09. The van der Waals surface area contributed by atoms with E-state index in [-0.39, 0.29) is 16.9 Å². The number of aromatic hydroxyl groups is 1. The van der Waals surface area contributed by atoms with Crippen LogP contribution in [0.1, 0.15) is 75.7 Å². The summed E-state index contributed by atoms with van der Waals surface area (Å²) in [7, 11) is 0. The molecular weight excluding hydrogens is 316 g/mol. The Labute approximate surface area is 130 Å². The number of Topliss-reactive ketones (excluding diaryl/α,β-unsaturated/α-hetero) is 1. The molecule has 0 aromatic heterocycles. The predicted molar refractivity (Wildman–Crippen MR) is 87.6 cm³/mol. The minimum atomic E-state index is -0.0482. The number of phenolic OH excluding ortho intramolecular Hbond substituents is 1. The van der Waals surface area contributed by atoms with E-state index in [0.29, 0.717) is 16.5 Å². The van der Waals surface area contributed by atoms with Crippen LogP contribution in [0.5, 0.6) is 5.75 Å². The highest BCUT2D eigenvalue weighted by molar-refractivity contribution is 9.10. The van der Waals surface area contributed by atoms with Crippen LogP contribution in [0.3, 0.4) is 0 Å².